The number of carbonyl (C=O) groups is 2. The molecule has 168 valence electrons. The molecule has 30 heavy (non-hydrogen) atoms. The molecule has 3 N–H and O–H groups in total. The third kappa shape index (κ3) is 8.24. The monoisotopic (exact) mass is 482 g/mol. The number of rotatable bonds is 12. The number of nitrogens with two attached hydrogens (primary N) is 1. The molecule has 0 aliphatic carbocycles. The topological polar surface area (TPSA) is 87.9 Å². The maximum atomic E-state index is 13.0. The molecule has 2 rings (SSSR count). The van der Waals surface area contributed by atoms with E-state index < -0.39 is 0 Å². The largest absolute Gasteiger partial charge is 0.492 e. The average molecular weight is 483 g/mol. The maximum Gasteiger partial charge on any atom is 0.223 e. The van der Waals surface area contributed by atoms with Gasteiger partial charge in [0.1, 0.15) is 5.75 Å². The zero-order valence-corrected chi connectivity index (χ0v) is 19.9. The molecule has 1 aromatic carbocycles. The van der Waals surface area contributed by atoms with Crippen LogP contribution in [0.5, 0.6) is 5.75 Å². The van der Waals surface area contributed by atoms with Crippen molar-refractivity contribution in [2.45, 2.75) is 45.2 Å². The van der Waals surface area contributed by atoms with Gasteiger partial charge in [-0.3, -0.25) is 9.59 Å². The molecule has 1 fully saturated rings. The highest BCUT2D eigenvalue weighted by molar-refractivity contribution is 9.10. The van der Waals surface area contributed by atoms with Crippen molar-refractivity contribution in [1.82, 2.24) is 15.1 Å². The van der Waals surface area contributed by atoms with Gasteiger partial charge in [-0.2, -0.15) is 0 Å². The summed E-state index contributed by atoms with van der Waals surface area (Å²) >= 11 is 3.60. The van der Waals surface area contributed by atoms with Crippen LogP contribution in [0.4, 0.5) is 0 Å². The number of carbonyl (C=O) groups excluding carboxylic acids is 2. The van der Waals surface area contributed by atoms with Crippen LogP contribution in [0.3, 0.4) is 0 Å². The van der Waals surface area contributed by atoms with Crippen molar-refractivity contribution in [3.8, 4) is 5.75 Å². The van der Waals surface area contributed by atoms with Crippen molar-refractivity contribution < 1.29 is 14.3 Å². The second-order valence-corrected chi connectivity index (χ2v) is 9.27. The molecular weight excluding hydrogens is 448 g/mol. The minimum Gasteiger partial charge on any atom is -0.492 e. The normalized spacial score (nSPS) is 17.2. The number of hydrogen-bond acceptors (Lipinski definition) is 5. The van der Waals surface area contributed by atoms with Crippen LogP contribution in [0.2, 0.25) is 0 Å². The molecule has 0 radical (unpaired) electrons. The maximum absolute atomic E-state index is 13.0. The summed E-state index contributed by atoms with van der Waals surface area (Å²) in [6, 6.07) is 6.16. The van der Waals surface area contributed by atoms with Gasteiger partial charge in [0.25, 0.3) is 0 Å². The van der Waals surface area contributed by atoms with Gasteiger partial charge < -0.3 is 25.6 Å². The van der Waals surface area contributed by atoms with Gasteiger partial charge in [-0.25, -0.2) is 0 Å². The first kappa shape index (κ1) is 24.6. The van der Waals surface area contributed by atoms with Crippen LogP contribution in [0, 0.1) is 5.92 Å². The van der Waals surface area contributed by atoms with E-state index in [1.807, 2.05) is 44.1 Å². The summed E-state index contributed by atoms with van der Waals surface area (Å²) in [6.07, 6.45) is 2.45. The molecule has 1 unspecified atom stereocenters. The van der Waals surface area contributed by atoms with E-state index in [1.165, 1.54) is 0 Å². The van der Waals surface area contributed by atoms with Crippen molar-refractivity contribution >= 4 is 27.7 Å². The third-order valence-electron chi connectivity index (χ3n) is 5.22. The average Bonchev–Trinajstić information content (AvgIpc) is 3.17. The summed E-state index contributed by atoms with van der Waals surface area (Å²) in [4.78, 5) is 28.3. The summed E-state index contributed by atoms with van der Waals surface area (Å²) in [5.41, 5.74) is 6.33. The van der Waals surface area contributed by atoms with Crippen molar-refractivity contribution in [1.29, 1.82) is 0 Å². The highest BCUT2D eigenvalue weighted by Crippen LogP contribution is 2.28. The van der Waals surface area contributed by atoms with Gasteiger partial charge in [0.2, 0.25) is 11.8 Å². The number of hydrogen-bond donors (Lipinski definition) is 2. The van der Waals surface area contributed by atoms with E-state index in [0.717, 1.165) is 48.3 Å². The second kappa shape index (κ2) is 12.3. The molecule has 8 heteroatoms. The number of primary amides is 1. The SMILES string of the molecule is C[C@@H](CC(N)=O)CC(=O)N(Cc1ccc(OCCCN(C)C)c(Br)c1)C1CCNC1. The van der Waals surface area contributed by atoms with Gasteiger partial charge in [0.15, 0.2) is 0 Å². The lowest BCUT2D eigenvalue weighted by Gasteiger charge is -2.30. The minimum atomic E-state index is -0.366. The van der Waals surface area contributed by atoms with Gasteiger partial charge in [-0.05, 0) is 73.0 Å². The van der Waals surface area contributed by atoms with Crippen molar-refractivity contribution in [3.63, 3.8) is 0 Å². The van der Waals surface area contributed by atoms with Crippen LogP contribution in [0.15, 0.2) is 22.7 Å². The van der Waals surface area contributed by atoms with Crippen molar-refractivity contribution in [2.75, 3.05) is 40.3 Å². The number of halogens is 1. The fraction of sp³-hybridized carbons (Fsp3) is 0.636. The van der Waals surface area contributed by atoms with Crippen LogP contribution >= 0.6 is 15.9 Å². The molecule has 1 aliphatic heterocycles. The molecule has 1 aliphatic rings. The van der Waals surface area contributed by atoms with E-state index in [1.54, 1.807) is 0 Å². The van der Waals surface area contributed by atoms with E-state index in [4.69, 9.17) is 10.5 Å². The van der Waals surface area contributed by atoms with E-state index >= 15 is 0 Å². The number of nitrogens with one attached hydrogen (secondary N) is 1. The number of nitrogens with zero attached hydrogens (tertiary/aromatic N) is 2. The Balaban J connectivity index is 2.01. The molecule has 0 spiro atoms. The standard InChI is InChI=1S/C22H35BrN4O3/c1-16(11-21(24)28)12-22(29)27(18-7-8-25-14-18)15-17-5-6-20(19(23)13-17)30-10-4-9-26(2)3/h5-6,13,16,18,25H,4,7-12,14-15H2,1-3H3,(H2,24,28)/t16-,18?/m0/s1. The van der Waals surface area contributed by atoms with Gasteiger partial charge in [-0.15, -0.1) is 0 Å². The molecule has 0 saturated carbocycles. The van der Waals surface area contributed by atoms with Crippen LogP contribution in [-0.4, -0.2) is 68.0 Å². The Morgan fingerprint density at radius 1 is 1.33 bits per heavy atom. The molecule has 2 atom stereocenters. The summed E-state index contributed by atoms with van der Waals surface area (Å²) < 4.78 is 6.77. The van der Waals surface area contributed by atoms with Gasteiger partial charge in [-0.1, -0.05) is 13.0 Å². The van der Waals surface area contributed by atoms with Gasteiger partial charge in [0, 0.05) is 38.5 Å². The smallest absolute Gasteiger partial charge is 0.223 e. The lowest BCUT2D eigenvalue weighted by atomic mass is 10.0. The molecule has 1 aromatic rings. The Kier molecular flexibility index (Phi) is 10.1. The van der Waals surface area contributed by atoms with Crippen LogP contribution < -0.4 is 15.8 Å². The lowest BCUT2D eigenvalue weighted by molar-refractivity contribution is -0.135. The van der Waals surface area contributed by atoms with E-state index in [0.29, 0.717) is 19.6 Å². The highest BCUT2D eigenvalue weighted by atomic mass is 79.9. The molecule has 1 saturated heterocycles. The summed E-state index contributed by atoms with van der Waals surface area (Å²) in [5.74, 6) is 0.455. The van der Waals surface area contributed by atoms with Crippen LogP contribution in [-0.2, 0) is 16.1 Å². The molecule has 7 nitrogen and oxygen atoms in total. The van der Waals surface area contributed by atoms with E-state index in [-0.39, 0.29) is 30.2 Å². The molecular formula is C22H35BrN4O3. The zero-order chi connectivity index (χ0) is 22.1. The van der Waals surface area contributed by atoms with Crippen molar-refractivity contribution in [2.24, 2.45) is 11.7 Å². The molecule has 2 amide bonds. The number of benzene rings is 1. The first-order valence-electron chi connectivity index (χ1n) is 10.6. The van der Waals surface area contributed by atoms with E-state index in [9.17, 15) is 9.59 Å². The van der Waals surface area contributed by atoms with Crippen LogP contribution in [0.25, 0.3) is 0 Å². The second-order valence-electron chi connectivity index (χ2n) is 8.42. The zero-order valence-electron chi connectivity index (χ0n) is 18.3. The predicted molar refractivity (Wildman–Crippen MR) is 122 cm³/mol. The summed E-state index contributed by atoms with van der Waals surface area (Å²) in [7, 11) is 4.10. The Bertz CT molecular complexity index is 708. The number of ether oxygens (including phenoxy) is 1. The lowest BCUT2D eigenvalue weighted by Crippen LogP contribution is -2.41. The summed E-state index contributed by atoms with van der Waals surface area (Å²) in [5, 5.41) is 3.34. The van der Waals surface area contributed by atoms with Gasteiger partial charge >= 0.3 is 0 Å². The Labute approximate surface area is 188 Å². The van der Waals surface area contributed by atoms with E-state index in [2.05, 4.69) is 26.1 Å². The van der Waals surface area contributed by atoms with Crippen LogP contribution in [0.1, 0.15) is 38.2 Å². The first-order valence-corrected chi connectivity index (χ1v) is 11.4. The Morgan fingerprint density at radius 3 is 2.70 bits per heavy atom. The highest BCUT2D eigenvalue weighted by Gasteiger charge is 2.28. The quantitative estimate of drug-likeness (QED) is 0.446. The van der Waals surface area contributed by atoms with Gasteiger partial charge in [0.05, 0.1) is 11.1 Å². The predicted octanol–water partition coefficient (Wildman–Crippen LogP) is 2.37. The molecule has 1 heterocycles. The third-order valence-corrected chi connectivity index (χ3v) is 5.84. The Morgan fingerprint density at radius 2 is 2.10 bits per heavy atom. The molecule has 0 aromatic heterocycles. The molecule has 0 bridgehead atoms. The first-order chi connectivity index (χ1) is 14.3. The Hall–Kier alpha value is -1.64. The minimum absolute atomic E-state index is 0.0588. The summed E-state index contributed by atoms with van der Waals surface area (Å²) in [6.45, 7) is 5.78. The van der Waals surface area contributed by atoms with Crippen molar-refractivity contribution in [3.05, 3.63) is 28.2 Å². The number of amides is 2. The fourth-order valence-corrected chi connectivity index (χ4v) is 4.22. The fourth-order valence-electron chi connectivity index (χ4n) is 3.68.